The number of hydrogen-bond acceptors (Lipinski definition) is 5. The average Bonchev–Trinajstić information content (AvgIpc) is 3.44. The van der Waals surface area contributed by atoms with Crippen LogP contribution in [0.3, 0.4) is 0 Å². The summed E-state index contributed by atoms with van der Waals surface area (Å²) in [6.07, 6.45) is 2.91. The van der Waals surface area contributed by atoms with Crippen LogP contribution in [0.25, 0.3) is 0 Å². The fourth-order valence-electron chi connectivity index (χ4n) is 5.87. The molecule has 0 amide bonds. The third-order valence-corrected chi connectivity index (χ3v) is 11.1. The molecular formula is C26H28BrF3N4O2S. The minimum Gasteiger partial charge on any atom is -0.300 e. The number of nitrogens with zero attached hydrogens (tertiary/aromatic N) is 4. The number of alkyl halides is 3. The van der Waals surface area contributed by atoms with E-state index < -0.39 is 26.3 Å². The van der Waals surface area contributed by atoms with Crippen molar-refractivity contribution >= 4 is 25.8 Å². The molecule has 0 radical (unpaired) electrons. The maximum atomic E-state index is 14.1. The largest absolute Gasteiger partial charge is 0.416 e. The summed E-state index contributed by atoms with van der Waals surface area (Å²) in [5, 5.41) is 4.27. The Morgan fingerprint density at radius 3 is 2.05 bits per heavy atom. The smallest absolute Gasteiger partial charge is 0.300 e. The van der Waals surface area contributed by atoms with Crippen LogP contribution in [0.1, 0.15) is 55.7 Å². The number of likely N-dealkylation sites (tertiary alicyclic amines) is 1. The Bertz CT molecular complexity index is 1300. The Kier molecular flexibility index (Phi) is 7.23. The number of aromatic nitrogens is 3. The van der Waals surface area contributed by atoms with E-state index >= 15 is 0 Å². The van der Waals surface area contributed by atoms with E-state index in [4.69, 9.17) is 0 Å². The van der Waals surface area contributed by atoms with Crippen molar-refractivity contribution in [2.45, 2.75) is 66.4 Å². The molecule has 0 N–H and O–H groups in total. The first-order chi connectivity index (χ1) is 17.6. The van der Waals surface area contributed by atoms with Gasteiger partial charge in [-0.25, -0.2) is 18.1 Å². The highest BCUT2D eigenvalue weighted by Crippen LogP contribution is 2.48. The molecule has 2 aromatic carbocycles. The molecular weight excluding hydrogens is 569 g/mol. The molecule has 2 fully saturated rings. The van der Waals surface area contributed by atoms with Gasteiger partial charge in [-0.1, -0.05) is 28.1 Å². The molecule has 0 atom stereocenters. The fraction of sp³-hybridized carbons (Fsp3) is 0.462. The normalized spacial score (nSPS) is 24.3. The summed E-state index contributed by atoms with van der Waals surface area (Å²) >= 11 is 3.42. The summed E-state index contributed by atoms with van der Waals surface area (Å²) in [7, 11) is -3.96. The van der Waals surface area contributed by atoms with E-state index in [9.17, 15) is 21.6 Å². The van der Waals surface area contributed by atoms with Crippen LogP contribution in [-0.4, -0.2) is 47.2 Å². The molecule has 5 rings (SSSR count). The van der Waals surface area contributed by atoms with Crippen molar-refractivity contribution in [3.05, 3.63) is 76.8 Å². The summed E-state index contributed by atoms with van der Waals surface area (Å²) in [5.74, 6) is 0. The second kappa shape index (κ2) is 10.1. The maximum absolute atomic E-state index is 14.1. The second-order valence-electron chi connectivity index (χ2n) is 9.90. The van der Waals surface area contributed by atoms with Crippen molar-refractivity contribution < 1.29 is 21.6 Å². The van der Waals surface area contributed by atoms with Gasteiger partial charge in [-0.15, -0.1) is 0 Å². The highest BCUT2D eigenvalue weighted by atomic mass is 79.9. The zero-order chi connectivity index (χ0) is 26.3. The van der Waals surface area contributed by atoms with Gasteiger partial charge in [-0.05, 0) is 80.5 Å². The third kappa shape index (κ3) is 5.09. The lowest BCUT2D eigenvalue weighted by molar-refractivity contribution is -0.137. The van der Waals surface area contributed by atoms with Gasteiger partial charge in [0.15, 0.2) is 9.84 Å². The Morgan fingerprint density at radius 2 is 1.51 bits per heavy atom. The number of benzene rings is 2. The van der Waals surface area contributed by atoms with E-state index in [1.54, 1.807) is 12.7 Å². The van der Waals surface area contributed by atoms with Gasteiger partial charge in [0, 0.05) is 23.6 Å². The molecule has 6 nitrogen and oxygen atoms in total. The van der Waals surface area contributed by atoms with E-state index in [0.717, 1.165) is 54.7 Å². The van der Waals surface area contributed by atoms with Crippen LogP contribution in [0.2, 0.25) is 0 Å². The van der Waals surface area contributed by atoms with Crippen molar-refractivity contribution in [3.8, 4) is 0 Å². The van der Waals surface area contributed by atoms with Gasteiger partial charge in [-0.3, -0.25) is 0 Å². The topological polar surface area (TPSA) is 68.1 Å². The van der Waals surface area contributed by atoms with Crippen LogP contribution < -0.4 is 0 Å². The number of hydrogen-bond donors (Lipinski definition) is 0. The lowest BCUT2D eigenvalue weighted by Gasteiger charge is -2.45. The van der Waals surface area contributed by atoms with Gasteiger partial charge < -0.3 is 4.90 Å². The van der Waals surface area contributed by atoms with Crippen molar-refractivity contribution in [1.29, 1.82) is 0 Å². The summed E-state index contributed by atoms with van der Waals surface area (Å²) < 4.78 is 69.1. The molecule has 1 aliphatic carbocycles. The average molecular weight is 598 g/mol. The maximum Gasteiger partial charge on any atom is 0.416 e. The summed E-state index contributed by atoms with van der Waals surface area (Å²) in [6, 6.07) is 11.8. The van der Waals surface area contributed by atoms with Crippen LogP contribution in [-0.2, 0) is 20.8 Å². The predicted molar refractivity (Wildman–Crippen MR) is 137 cm³/mol. The standard InChI is InChI=1S/C26H28BrF3N4O2S/c27-21-5-1-19(2-6-21)25(37(35,36)24-7-3-20(4-8-24)26(28,29)30)13-9-22(10-14-25)33-15-11-23(12-16-33)34-18-31-17-32-34/h1-8,17-18,22-23H,9-16H2. The monoisotopic (exact) mass is 596 g/mol. The van der Waals surface area contributed by atoms with Gasteiger partial charge in [0.25, 0.3) is 0 Å². The SMILES string of the molecule is O=S(=O)(c1ccc(C(F)(F)F)cc1)C1(c2ccc(Br)cc2)CCC(N2CCC(n3cncn3)CC2)CC1. The van der Waals surface area contributed by atoms with Crippen molar-refractivity contribution in [2.75, 3.05) is 13.1 Å². The number of sulfone groups is 1. The van der Waals surface area contributed by atoms with Crippen LogP contribution in [0.15, 0.2) is 70.6 Å². The van der Waals surface area contributed by atoms with Crippen LogP contribution in [0.5, 0.6) is 0 Å². The zero-order valence-electron chi connectivity index (χ0n) is 20.1. The van der Waals surface area contributed by atoms with Crippen molar-refractivity contribution in [3.63, 3.8) is 0 Å². The number of rotatable bonds is 5. The van der Waals surface area contributed by atoms with Crippen LogP contribution in [0.4, 0.5) is 13.2 Å². The quantitative estimate of drug-likeness (QED) is 0.361. The molecule has 1 aromatic heterocycles. The first-order valence-corrected chi connectivity index (χ1v) is 14.6. The molecule has 0 bridgehead atoms. The molecule has 3 aromatic rings. The van der Waals surface area contributed by atoms with Gasteiger partial charge in [-0.2, -0.15) is 18.3 Å². The molecule has 1 saturated carbocycles. The van der Waals surface area contributed by atoms with E-state index in [0.29, 0.717) is 37.3 Å². The Morgan fingerprint density at radius 1 is 0.892 bits per heavy atom. The molecule has 198 valence electrons. The third-order valence-electron chi connectivity index (χ3n) is 7.97. The van der Waals surface area contributed by atoms with Crippen molar-refractivity contribution in [2.24, 2.45) is 0 Å². The lowest BCUT2D eigenvalue weighted by atomic mass is 9.80. The first-order valence-electron chi connectivity index (χ1n) is 12.4. The van der Waals surface area contributed by atoms with E-state index in [-0.39, 0.29) is 10.9 Å². The zero-order valence-corrected chi connectivity index (χ0v) is 22.5. The number of halogens is 4. The van der Waals surface area contributed by atoms with Gasteiger partial charge in [0.2, 0.25) is 0 Å². The van der Waals surface area contributed by atoms with Crippen LogP contribution in [0, 0.1) is 0 Å². The summed E-state index contributed by atoms with van der Waals surface area (Å²) in [4.78, 5) is 6.42. The fourth-order valence-corrected chi connectivity index (χ4v) is 8.30. The van der Waals surface area contributed by atoms with E-state index in [1.807, 2.05) is 28.9 Å². The number of piperidine rings is 1. The lowest BCUT2D eigenvalue weighted by Crippen LogP contribution is -2.48. The molecule has 0 spiro atoms. The Balaban J connectivity index is 1.38. The minimum atomic E-state index is -4.52. The molecule has 0 unspecified atom stereocenters. The van der Waals surface area contributed by atoms with Crippen molar-refractivity contribution in [1.82, 2.24) is 19.7 Å². The minimum absolute atomic E-state index is 0.0736. The second-order valence-corrected chi connectivity index (χ2v) is 13.1. The van der Waals surface area contributed by atoms with E-state index in [1.165, 1.54) is 0 Å². The van der Waals surface area contributed by atoms with Gasteiger partial charge >= 0.3 is 6.18 Å². The molecule has 37 heavy (non-hydrogen) atoms. The predicted octanol–water partition coefficient (Wildman–Crippen LogP) is 6.01. The molecule has 2 aliphatic rings. The molecule has 11 heteroatoms. The highest BCUT2D eigenvalue weighted by molar-refractivity contribution is 9.10. The summed E-state index contributed by atoms with van der Waals surface area (Å²) in [5.41, 5.74) is -0.180. The van der Waals surface area contributed by atoms with Crippen LogP contribution >= 0.6 is 15.9 Å². The molecule has 1 saturated heterocycles. The van der Waals surface area contributed by atoms with E-state index in [2.05, 4.69) is 30.9 Å². The first kappa shape index (κ1) is 26.4. The van der Waals surface area contributed by atoms with Gasteiger partial charge in [0.1, 0.15) is 17.4 Å². The Hall–Kier alpha value is -2.24. The summed E-state index contributed by atoms with van der Waals surface area (Å²) in [6.45, 7) is 1.82. The molecule has 2 heterocycles. The highest BCUT2D eigenvalue weighted by Gasteiger charge is 2.49. The Labute approximate surface area is 222 Å². The van der Waals surface area contributed by atoms with Gasteiger partial charge in [0.05, 0.1) is 16.5 Å². The molecule has 1 aliphatic heterocycles.